The minimum atomic E-state index is -0.491. The van der Waals surface area contributed by atoms with Crippen molar-refractivity contribution in [3.63, 3.8) is 0 Å². The normalized spacial score (nSPS) is 15.2. The molecule has 3 rings (SSSR count). The largest absolute Gasteiger partial charge is 0.497 e. The molecule has 0 unspecified atom stereocenters. The van der Waals surface area contributed by atoms with Crippen molar-refractivity contribution in [1.82, 2.24) is 0 Å². The molecule has 6 heteroatoms. The second kappa shape index (κ2) is 6.88. The number of nitrogens with zero attached hydrogens (tertiary/aromatic N) is 1. The molecule has 0 saturated heterocycles. The Morgan fingerprint density at radius 1 is 1.04 bits per heavy atom. The summed E-state index contributed by atoms with van der Waals surface area (Å²) in [5.74, 6) is 0.914. The van der Waals surface area contributed by atoms with Crippen LogP contribution < -0.4 is 9.47 Å². The summed E-state index contributed by atoms with van der Waals surface area (Å²) in [5, 5.41) is 0. The maximum atomic E-state index is 12.1. The summed E-state index contributed by atoms with van der Waals surface area (Å²) in [4.78, 5) is 16.4. The van der Waals surface area contributed by atoms with Crippen molar-refractivity contribution < 1.29 is 19.0 Å². The van der Waals surface area contributed by atoms with Crippen LogP contribution in [0, 0.1) is 0 Å². The third-order valence-corrected chi connectivity index (χ3v) is 3.92. The lowest BCUT2D eigenvalue weighted by Crippen LogP contribution is -2.06. The fraction of sp³-hybridized carbons (Fsp3) is 0.111. The van der Waals surface area contributed by atoms with Crippen molar-refractivity contribution in [3.05, 3.63) is 63.8 Å². The van der Waals surface area contributed by atoms with Gasteiger partial charge in [0.2, 0.25) is 5.90 Å². The number of hydrogen-bond donors (Lipinski definition) is 0. The number of halogens is 1. The van der Waals surface area contributed by atoms with Gasteiger partial charge in [-0.05, 0) is 35.9 Å². The van der Waals surface area contributed by atoms with Gasteiger partial charge in [-0.2, -0.15) is 0 Å². The number of hydrogen-bond acceptors (Lipinski definition) is 5. The Balaban J connectivity index is 1.95. The van der Waals surface area contributed by atoms with Gasteiger partial charge in [0.25, 0.3) is 0 Å². The Morgan fingerprint density at radius 2 is 1.67 bits per heavy atom. The number of ether oxygens (including phenoxy) is 3. The lowest BCUT2D eigenvalue weighted by Gasteiger charge is -2.07. The first-order chi connectivity index (χ1) is 11.6. The second-order valence-electron chi connectivity index (χ2n) is 4.99. The summed E-state index contributed by atoms with van der Waals surface area (Å²) in [6.45, 7) is 0. The van der Waals surface area contributed by atoms with Crippen molar-refractivity contribution in [1.29, 1.82) is 0 Å². The number of esters is 1. The highest BCUT2D eigenvalue weighted by molar-refractivity contribution is 9.10. The van der Waals surface area contributed by atoms with Crippen molar-refractivity contribution in [3.8, 4) is 11.5 Å². The summed E-state index contributed by atoms with van der Waals surface area (Å²) >= 11 is 3.37. The van der Waals surface area contributed by atoms with Crippen LogP contribution in [0.5, 0.6) is 11.5 Å². The molecule has 0 aromatic heterocycles. The van der Waals surface area contributed by atoms with Gasteiger partial charge in [-0.1, -0.05) is 28.1 Å². The van der Waals surface area contributed by atoms with Gasteiger partial charge in [-0.15, -0.1) is 0 Å². The maximum Gasteiger partial charge on any atom is 0.363 e. The first-order valence-electron chi connectivity index (χ1n) is 7.10. The number of methoxy groups -OCH3 is 2. The molecular weight excluding hydrogens is 374 g/mol. The molecule has 0 radical (unpaired) electrons. The van der Waals surface area contributed by atoms with E-state index in [1.807, 2.05) is 24.3 Å². The summed E-state index contributed by atoms with van der Waals surface area (Å²) in [6, 6.07) is 12.8. The average molecular weight is 388 g/mol. The quantitative estimate of drug-likeness (QED) is 0.591. The highest BCUT2D eigenvalue weighted by Crippen LogP contribution is 2.26. The number of carbonyl (C=O) groups is 1. The second-order valence-corrected chi connectivity index (χ2v) is 5.90. The van der Waals surface area contributed by atoms with Gasteiger partial charge in [0.05, 0.1) is 14.2 Å². The molecule has 0 amide bonds. The average Bonchev–Trinajstić information content (AvgIpc) is 2.97. The topological polar surface area (TPSA) is 57.1 Å². The molecule has 5 nitrogen and oxygen atoms in total. The minimum absolute atomic E-state index is 0.223. The van der Waals surface area contributed by atoms with Crippen LogP contribution in [0.15, 0.2) is 57.6 Å². The Kier molecular flexibility index (Phi) is 4.66. The third kappa shape index (κ3) is 3.49. The highest BCUT2D eigenvalue weighted by atomic mass is 79.9. The highest BCUT2D eigenvalue weighted by Gasteiger charge is 2.25. The molecule has 24 heavy (non-hydrogen) atoms. The van der Waals surface area contributed by atoms with Crippen LogP contribution in [0.25, 0.3) is 6.08 Å². The number of aliphatic imine (C=N–C) groups is 1. The first kappa shape index (κ1) is 16.3. The standard InChI is InChI=1S/C18H14BrNO4/c1-22-14-8-12(9-15(10-14)23-2)17-20-16(18(21)24-17)7-11-3-5-13(19)6-4-11/h3-10H,1-2H3/b16-7-. The predicted octanol–water partition coefficient (Wildman–Crippen LogP) is 3.81. The van der Waals surface area contributed by atoms with E-state index in [2.05, 4.69) is 20.9 Å². The predicted molar refractivity (Wildman–Crippen MR) is 94.3 cm³/mol. The number of benzene rings is 2. The zero-order valence-electron chi connectivity index (χ0n) is 13.1. The first-order valence-corrected chi connectivity index (χ1v) is 7.90. The zero-order valence-corrected chi connectivity index (χ0v) is 14.7. The van der Waals surface area contributed by atoms with Crippen molar-refractivity contribution >= 4 is 33.9 Å². The van der Waals surface area contributed by atoms with E-state index in [1.54, 1.807) is 38.5 Å². The zero-order chi connectivity index (χ0) is 17.1. The number of carbonyl (C=O) groups excluding carboxylic acids is 1. The van der Waals surface area contributed by atoms with E-state index in [0.29, 0.717) is 17.1 Å². The van der Waals surface area contributed by atoms with E-state index in [0.717, 1.165) is 10.0 Å². The number of cyclic esters (lactones) is 1. The molecule has 2 aromatic rings. The monoisotopic (exact) mass is 387 g/mol. The van der Waals surface area contributed by atoms with Crippen LogP contribution >= 0.6 is 15.9 Å². The van der Waals surface area contributed by atoms with Crippen LogP contribution in [0.1, 0.15) is 11.1 Å². The van der Waals surface area contributed by atoms with Crippen LogP contribution in [0.3, 0.4) is 0 Å². The van der Waals surface area contributed by atoms with Gasteiger partial charge in [-0.25, -0.2) is 9.79 Å². The Bertz CT molecular complexity index is 818. The Morgan fingerprint density at radius 3 is 2.25 bits per heavy atom. The van der Waals surface area contributed by atoms with Crippen LogP contribution in [-0.2, 0) is 9.53 Å². The molecule has 1 aliphatic rings. The van der Waals surface area contributed by atoms with Crippen LogP contribution in [0.2, 0.25) is 0 Å². The van der Waals surface area contributed by atoms with Crippen LogP contribution in [-0.4, -0.2) is 26.1 Å². The van der Waals surface area contributed by atoms with Crippen molar-refractivity contribution in [2.45, 2.75) is 0 Å². The Labute approximate surface area is 147 Å². The fourth-order valence-electron chi connectivity index (χ4n) is 2.18. The molecule has 0 spiro atoms. The van der Waals surface area contributed by atoms with Gasteiger partial charge in [-0.3, -0.25) is 0 Å². The molecule has 1 aliphatic heterocycles. The van der Waals surface area contributed by atoms with E-state index in [9.17, 15) is 4.79 Å². The molecule has 0 atom stereocenters. The lowest BCUT2D eigenvalue weighted by atomic mass is 10.2. The van der Waals surface area contributed by atoms with Crippen LogP contribution in [0.4, 0.5) is 0 Å². The van der Waals surface area contributed by atoms with Gasteiger partial charge in [0, 0.05) is 16.1 Å². The molecule has 2 aromatic carbocycles. The van der Waals surface area contributed by atoms with Gasteiger partial charge < -0.3 is 14.2 Å². The SMILES string of the molecule is COc1cc(OC)cc(C2=N/C(=C\c3ccc(Br)cc3)C(=O)O2)c1. The van der Waals surface area contributed by atoms with E-state index in [4.69, 9.17) is 14.2 Å². The molecule has 0 N–H and O–H groups in total. The molecule has 0 bridgehead atoms. The smallest absolute Gasteiger partial charge is 0.363 e. The van der Waals surface area contributed by atoms with Crippen molar-refractivity contribution in [2.24, 2.45) is 4.99 Å². The van der Waals surface area contributed by atoms with E-state index >= 15 is 0 Å². The summed E-state index contributed by atoms with van der Waals surface area (Å²) in [6.07, 6.45) is 1.68. The van der Waals surface area contributed by atoms with E-state index < -0.39 is 5.97 Å². The van der Waals surface area contributed by atoms with E-state index in [1.165, 1.54) is 0 Å². The van der Waals surface area contributed by atoms with Crippen molar-refractivity contribution in [2.75, 3.05) is 14.2 Å². The third-order valence-electron chi connectivity index (χ3n) is 3.39. The fourth-order valence-corrected chi connectivity index (χ4v) is 2.44. The maximum absolute atomic E-state index is 12.1. The van der Waals surface area contributed by atoms with Gasteiger partial charge in [0.1, 0.15) is 11.5 Å². The number of rotatable bonds is 4. The van der Waals surface area contributed by atoms with E-state index in [-0.39, 0.29) is 11.6 Å². The molecule has 1 heterocycles. The molecule has 0 fully saturated rings. The minimum Gasteiger partial charge on any atom is -0.497 e. The molecule has 122 valence electrons. The summed E-state index contributed by atoms with van der Waals surface area (Å²) in [7, 11) is 3.11. The lowest BCUT2D eigenvalue weighted by molar-refractivity contribution is -0.129. The van der Waals surface area contributed by atoms with Gasteiger partial charge >= 0.3 is 5.97 Å². The molecule has 0 saturated carbocycles. The molecular formula is C18H14BrNO4. The van der Waals surface area contributed by atoms with Gasteiger partial charge in [0.15, 0.2) is 5.70 Å². The summed E-state index contributed by atoms with van der Waals surface area (Å²) < 4.78 is 16.7. The summed E-state index contributed by atoms with van der Waals surface area (Å²) in [5.41, 5.74) is 1.71. The molecule has 0 aliphatic carbocycles. The Hall–Kier alpha value is -2.60.